The predicted molar refractivity (Wildman–Crippen MR) is 60.0 cm³/mol. The number of non-ortho nitro benzene ring substituents is 1. The van der Waals surface area contributed by atoms with Gasteiger partial charge in [-0.25, -0.2) is 0 Å². The molecule has 0 saturated carbocycles. The van der Waals surface area contributed by atoms with Gasteiger partial charge in [-0.3, -0.25) is 14.5 Å². The molecule has 17 heavy (non-hydrogen) atoms. The molecule has 0 aliphatic heterocycles. The number of hydrogen-bond acceptors (Lipinski definition) is 5. The maximum atomic E-state index is 10.7. The van der Waals surface area contributed by atoms with E-state index in [1.54, 1.807) is 10.5 Å². The molecule has 3 rings (SSSR count). The third kappa shape index (κ3) is 1.40. The van der Waals surface area contributed by atoms with Gasteiger partial charge in [0.05, 0.1) is 10.4 Å². The Morgan fingerprint density at radius 2 is 2.24 bits per heavy atom. The van der Waals surface area contributed by atoms with Crippen LogP contribution >= 0.6 is 11.6 Å². The molecule has 84 valence electrons. The molecule has 2 heterocycles. The molecule has 7 nitrogen and oxygen atoms in total. The number of benzene rings is 1. The van der Waals surface area contributed by atoms with E-state index in [0.717, 1.165) is 0 Å². The lowest BCUT2D eigenvalue weighted by Crippen LogP contribution is -1.94. The van der Waals surface area contributed by atoms with E-state index in [4.69, 9.17) is 11.6 Å². The highest BCUT2D eigenvalue weighted by atomic mass is 35.5. The average molecular weight is 250 g/mol. The number of aromatic nitrogens is 4. The van der Waals surface area contributed by atoms with E-state index in [2.05, 4.69) is 15.2 Å². The number of nitrogens with zero attached hydrogens (tertiary/aromatic N) is 5. The Morgan fingerprint density at radius 1 is 1.41 bits per heavy atom. The van der Waals surface area contributed by atoms with Gasteiger partial charge in [0, 0.05) is 17.5 Å². The van der Waals surface area contributed by atoms with E-state index in [1.807, 2.05) is 0 Å². The van der Waals surface area contributed by atoms with Gasteiger partial charge in [0.1, 0.15) is 11.5 Å². The third-order valence-electron chi connectivity index (χ3n) is 2.40. The number of halogens is 1. The largest absolute Gasteiger partial charge is 0.271 e. The van der Waals surface area contributed by atoms with Crippen molar-refractivity contribution in [3.63, 3.8) is 0 Å². The van der Waals surface area contributed by atoms with Crippen LogP contribution in [0.5, 0.6) is 0 Å². The first kappa shape index (κ1) is 9.91. The monoisotopic (exact) mass is 249 g/mol. The first-order valence-electron chi connectivity index (χ1n) is 4.60. The second-order valence-corrected chi connectivity index (χ2v) is 3.72. The Morgan fingerprint density at radius 3 is 3.00 bits per heavy atom. The molecule has 8 heteroatoms. The first-order valence-corrected chi connectivity index (χ1v) is 4.98. The topological polar surface area (TPSA) is 86.2 Å². The molecule has 0 bridgehead atoms. The van der Waals surface area contributed by atoms with Gasteiger partial charge in [0.2, 0.25) is 0 Å². The Bertz CT molecular complexity index is 754. The smallest absolute Gasteiger partial charge is 0.265 e. The fourth-order valence-corrected chi connectivity index (χ4v) is 1.87. The summed E-state index contributed by atoms with van der Waals surface area (Å²) in [5.41, 5.74) is 0.536. The van der Waals surface area contributed by atoms with E-state index in [0.29, 0.717) is 16.7 Å². The van der Waals surface area contributed by atoms with Crippen molar-refractivity contribution in [1.82, 2.24) is 19.6 Å². The van der Waals surface area contributed by atoms with Crippen LogP contribution in [0, 0.1) is 10.1 Å². The fraction of sp³-hybridized carbons (Fsp3) is 0. The maximum absolute atomic E-state index is 10.7. The Hall–Kier alpha value is -2.28. The molecule has 0 aliphatic carbocycles. The van der Waals surface area contributed by atoms with E-state index in [-0.39, 0.29) is 10.8 Å². The number of nitro groups is 1. The third-order valence-corrected chi connectivity index (χ3v) is 2.69. The second kappa shape index (κ2) is 3.36. The van der Waals surface area contributed by atoms with Crippen LogP contribution in [-0.4, -0.2) is 24.5 Å². The lowest BCUT2D eigenvalue weighted by molar-refractivity contribution is -0.384. The second-order valence-electron chi connectivity index (χ2n) is 3.36. The van der Waals surface area contributed by atoms with Crippen LogP contribution in [0.25, 0.3) is 16.7 Å². The molecule has 3 aromatic rings. The van der Waals surface area contributed by atoms with Gasteiger partial charge < -0.3 is 0 Å². The Kier molecular flexibility index (Phi) is 1.96. The minimum Gasteiger partial charge on any atom is -0.265 e. The molecule has 0 aliphatic rings. The minimum atomic E-state index is -0.468. The molecular formula is C9H4ClN5O2. The molecule has 0 N–H and O–H groups in total. The molecule has 0 fully saturated rings. The van der Waals surface area contributed by atoms with Gasteiger partial charge in [-0.05, 0) is 6.07 Å². The van der Waals surface area contributed by atoms with Crippen LogP contribution < -0.4 is 0 Å². The van der Waals surface area contributed by atoms with Crippen molar-refractivity contribution >= 4 is 34.0 Å². The standard InChI is InChI=1S/C9H4ClN5O2/c10-8-6-2-1-5(15(16)17)3-7(6)14-4-11-13-9(14)12-8/h1-4H. The van der Waals surface area contributed by atoms with Crippen LogP contribution in [0.15, 0.2) is 24.5 Å². The van der Waals surface area contributed by atoms with Crippen molar-refractivity contribution < 1.29 is 4.92 Å². The van der Waals surface area contributed by atoms with Crippen LogP contribution in [0.3, 0.4) is 0 Å². The number of rotatable bonds is 1. The fourth-order valence-electron chi connectivity index (χ4n) is 1.63. The van der Waals surface area contributed by atoms with Gasteiger partial charge in [0.25, 0.3) is 11.5 Å². The van der Waals surface area contributed by atoms with E-state index >= 15 is 0 Å². The van der Waals surface area contributed by atoms with E-state index < -0.39 is 4.92 Å². The minimum absolute atomic E-state index is 0.0187. The summed E-state index contributed by atoms with van der Waals surface area (Å²) in [4.78, 5) is 14.3. The summed E-state index contributed by atoms with van der Waals surface area (Å²) >= 11 is 5.96. The normalized spacial score (nSPS) is 11.1. The summed E-state index contributed by atoms with van der Waals surface area (Å²) in [6, 6.07) is 4.35. The summed E-state index contributed by atoms with van der Waals surface area (Å²) in [6.45, 7) is 0. The van der Waals surface area contributed by atoms with Crippen LogP contribution in [0.4, 0.5) is 5.69 Å². The van der Waals surface area contributed by atoms with E-state index in [9.17, 15) is 10.1 Å². The molecule has 0 spiro atoms. The highest BCUT2D eigenvalue weighted by molar-refractivity contribution is 6.34. The highest BCUT2D eigenvalue weighted by Crippen LogP contribution is 2.25. The molecule has 0 radical (unpaired) electrons. The van der Waals surface area contributed by atoms with Crippen molar-refractivity contribution in [3.8, 4) is 0 Å². The predicted octanol–water partition coefficient (Wildman–Crippen LogP) is 1.84. The van der Waals surface area contributed by atoms with Crippen LogP contribution in [-0.2, 0) is 0 Å². The van der Waals surface area contributed by atoms with Gasteiger partial charge in [-0.2, -0.15) is 4.98 Å². The molecule has 0 saturated heterocycles. The average Bonchev–Trinajstić information content (AvgIpc) is 2.76. The molecular weight excluding hydrogens is 246 g/mol. The zero-order valence-electron chi connectivity index (χ0n) is 8.24. The van der Waals surface area contributed by atoms with Crippen LogP contribution in [0.2, 0.25) is 5.15 Å². The van der Waals surface area contributed by atoms with Gasteiger partial charge >= 0.3 is 0 Å². The maximum Gasteiger partial charge on any atom is 0.271 e. The summed E-state index contributed by atoms with van der Waals surface area (Å²) in [5, 5.41) is 19.0. The van der Waals surface area contributed by atoms with E-state index in [1.165, 1.54) is 18.5 Å². The summed E-state index contributed by atoms with van der Waals surface area (Å²) < 4.78 is 1.55. The summed E-state index contributed by atoms with van der Waals surface area (Å²) in [7, 11) is 0. The summed E-state index contributed by atoms with van der Waals surface area (Å²) in [5.74, 6) is 0.308. The van der Waals surface area contributed by atoms with Gasteiger partial charge in [-0.15, -0.1) is 10.2 Å². The lowest BCUT2D eigenvalue weighted by atomic mass is 10.2. The zero-order chi connectivity index (χ0) is 12.0. The Labute approximate surface area is 98.8 Å². The molecule has 0 unspecified atom stereocenters. The number of fused-ring (bicyclic) bond motifs is 3. The van der Waals surface area contributed by atoms with Crippen molar-refractivity contribution in [1.29, 1.82) is 0 Å². The van der Waals surface area contributed by atoms with Gasteiger partial charge in [-0.1, -0.05) is 11.6 Å². The molecule has 1 aromatic carbocycles. The first-order chi connectivity index (χ1) is 8.16. The zero-order valence-corrected chi connectivity index (χ0v) is 9.00. The highest BCUT2D eigenvalue weighted by Gasteiger charge is 2.12. The quantitative estimate of drug-likeness (QED) is 0.373. The van der Waals surface area contributed by atoms with Gasteiger partial charge in [0.15, 0.2) is 0 Å². The molecule has 0 amide bonds. The molecule has 0 atom stereocenters. The summed E-state index contributed by atoms with van der Waals surface area (Å²) in [6.07, 6.45) is 1.44. The lowest BCUT2D eigenvalue weighted by Gasteiger charge is -2.02. The van der Waals surface area contributed by atoms with Crippen molar-refractivity contribution in [2.45, 2.75) is 0 Å². The molecule has 2 aromatic heterocycles. The SMILES string of the molecule is O=[N+]([O-])c1ccc2c(Cl)nc3nncn3c2c1. The van der Waals surface area contributed by atoms with Crippen molar-refractivity contribution in [3.05, 3.63) is 39.8 Å². The number of hydrogen-bond donors (Lipinski definition) is 0. The Balaban J connectivity index is 2.50. The number of nitro benzene ring substituents is 1. The van der Waals surface area contributed by atoms with Crippen molar-refractivity contribution in [2.24, 2.45) is 0 Å². The van der Waals surface area contributed by atoms with Crippen LogP contribution in [0.1, 0.15) is 0 Å². The van der Waals surface area contributed by atoms with Crippen molar-refractivity contribution in [2.75, 3.05) is 0 Å².